The lowest BCUT2D eigenvalue weighted by atomic mass is 10.1. The number of halogens is 3. The Bertz CT molecular complexity index is 724. The van der Waals surface area contributed by atoms with Gasteiger partial charge in [0.1, 0.15) is 0 Å². The Balaban J connectivity index is 2.37. The summed E-state index contributed by atoms with van der Waals surface area (Å²) >= 11 is 17.9. The maximum Gasteiger partial charge on any atom is 0.338 e. The number of ether oxygens (including phenoxy) is 1. The van der Waals surface area contributed by atoms with Gasteiger partial charge in [-0.15, -0.1) is 0 Å². The number of carbonyl (C=O) groups excluding carboxylic acids is 2. The van der Waals surface area contributed by atoms with Gasteiger partial charge in [-0.2, -0.15) is 0 Å². The van der Waals surface area contributed by atoms with Gasteiger partial charge in [0, 0.05) is 5.02 Å². The number of esters is 1. The van der Waals surface area contributed by atoms with Crippen molar-refractivity contribution >= 4 is 52.4 Å². The van der Waals surface area contributed by atoms with Crippen molar-refractivity contribution in [3.8, 4) is 0 Å². The fourth-order valence-corrected chi connectivity index (χ4v) is 2.72. The molecule has 0 bridgehead atoms. The van der Waals surface area contributed by atoms with Crippen LogP contribution in [0.4, 0.5) is 5.69 Å². The summed E-state index contributed by atoms with van der Waals surface area (Å²) in [6.07, 6.45) is 0. The minimum atomic E-state index is -0.612. The molecule has 7 heteroatoms. The second-order valence-corrected chi connectivity index (χ2v) is 5.49. The van der Waals surface area contributed by atoms with Crippen molar-refractivity contribution in [2.75, 3.05) is 12.4 Å². The number of rotatable bonds is 3. The van der Waals surface area contributed by atoms with Crippen LogP contribution in [0.2, 0.25) is 15.1 Å². The molecule has 0 fully saturated rings. The van der Waals surface area contributed by atoms with Gasteiger partial charge in [-0.3, -0.25) is 4.79 Å². The summed E-state index contributed by atoms with van der Waals surface area (Å²) in [6, 6.07) is 9.16. The molecular weight excluding hydrogens is 349 g/mol. The molecule has 22 heavy (non-hydrogen) atoms. The van der Waals surface area contributed by atoms with E-state index >= 15 is 0 Å². The average Bonchev–Trinajstić information content (AvgIpc) is 2.49. The molecule has 1 amide bonds. The van der Waals surface area contributed by atoms with Crippen LogP contribution in [-0.4, -0.2) is 19.0 Å². The minimum Gasteiger partial charge on any atom is -0.465 e. The number of methoxy groups -OCH3 is 1. The lowest BCUT2D eigenvalue weighted by Gasteiger charge is -2.11. The second-order valence-electron chi connectivity index (χ2n) is 4.24. The first kappa shape index (κ1) is 16.6. The summed E-state index contributed by atoms with van der Waals surface area (Å²) in [5.41, 5.74) is 0.512. The normalized spacial score (nSPS) is 10.2. The molecular formula is C15H10Cl3NO3. The van der Waals surface area contributed by atoms with E-state index in [-0.39, 0.29) is 26.9 Å². The van der Waals surface area contributed by atoms with Crippen molar-refractivity contribution in [2.24, 2.45) is 0 Å². The fourth-order valence-electron chi connectivity index (χ4n) is 1.81. The van der Waals surface area contributed by atoms with Crippen molar-refractivity contribution in [3.05, 3.63) is 62.6 Å². The first-order valence-corrected chi connectivity index (χ1v) is 7.20. The van der Waals surface area contributed by atoms with Crippen LogP contribution in [0.3, 0.4) is 0 Å². The smallest absolute Gasteiger partial charge is 0.338 e. The van der Waals surface area contributed by atoms with Gasteiger partial charge >= 0.3 is 5.97 Å². The molecule has 0 aliphatic heterocycles. The summed E-state index contributed by atoms with van der Waals surface area (Å²) in [4.78, 5) is 24.1. The SMILES string of the molecule is COC(=O)c1ccccc1C(=O)Nc1c(Cl)cc(Cl)cc1Cl. The monoisotopic (exact) mass is 357 g/mol. The third-order valence-electron chi connectivity index (χ3n) is 2.82. The van der Waals surface area contributed by atoms with Gasteiger partial charge < -0.3 is 10.1 Å². The zero-order valence-corrected chi connectivity index (χ0v) is 13.6. The first-order valence-electron chi connectivity index (χ1n) is 6.07. The minimum absolute atomic E-state index is 0.142. The number of carbonyl (C=O) groups is 2. The van der Waals surface area contributed by atoms with Gasteiger partial charge in [-0.25, -0.2) is 4.79 Å². The molecule has 0 heterocycles. The predicted molar refractivity (Wildman–Crippen MR) is 87.2 cm³/mol. The van der Waals surface area contributed by atoms with Gasteiger partial charge in [0.15, 0.2) is 0 Å². The van der Waals surface area contributed by atoms with E-state index in [1.54, 1.807) is 12.1 Å². The van der Waals surface area contributed by atoms with Gasteiger partial charge in [-0.1, -0.05) is 46.9 Å². The van der Waals surface area contributed by atoms with E-state index in [4.69, 9.17) is 34.8 Å². The van der Waals surface area contributed by atoms with Crippen LogP contribution in [0.15, 0.2) is 36.4 Å². The fraction of sp³-hybridized carbons (Fsp3) is 0.0667. The van der Waals surface area contributed by atoms with Crippen molar-refractivity contribution in [1.82, 2.24) is 0 Å². The quantitative estimate of drug-likeness (QED) is 0.810. The highest BCUT2D eigenvalue weighted by atomic mass is 35.5. The molecule has 0 aliphatic rings. The number of anilines is 1. The van der Waals surface area contributed by atoms with E-state index in [1.807, 2.05) is 0 Å². The van der Waals surface area contributed by atoms with Crippen LogP contribution < -0.4 is 5.32 Å². The maximum atomic E-state index is 12.4. The first-order chi connectivity index (χ1) is 10.4. The molecule has 0 saturated carbocycles. The molecule has 0 saturated heterocycles. The zero-order valence-electron chi connectivity index (χ0n) is 11.3. The Morgan fingerprint density at radius 1 is 1.00 bits per heavy atom. The highest BCUT2D eigenvalue weighted by molar-refractivity contribution is 6.42. The van der Waals surface area contributed by atoms with E-state index in [2.05, 4.69) is 10.1 Å². The summed E-state index contributed by atoms with van der Waals surface area (Å²) < 4.78 is 4.65. The Kier molecular flexibility index (Phi) is 5.29. The van der Waals surface area contributed by atoms with Gasteiger partial charge in [0.25, 0.3) is 5.91 Å². The number of hydrogen-bond donors (Lipinski definition) is 1. The van der Waals surface area contributed by atoms with Crippen molar-refractivity contribution in [2.45, 2.75) is 0 Å². The van der Waals surface area contributed by atoms with E-state index in [0.29, 0.717) is 5.02 Å². The highest BCUT2D eigenvalue weighted by Gasteiger charge is 2.19. The van der Waals surface area contributed by atoms with Crippen LogP contribution >= 0.6 is 34.8 Å². The summed E-state index contributed by atoms with van der Waals surface area (Å²) in [5.74, 6) is -1.15. The molecule has 1 N–H and O–H groups in total. The third-order valence-corrected chi connectivity index (χ3v) is 3.64. The molecule has 4 nitrogen and oxygen atoms in total. The number of amides is 1. The average molecular weight is 359 g/mol. The molecule has 0 radical (unpaired) electrons. The molecule has 2 aromatic carbocycles. The molecule has 0 spiro atoms. The second kappa shape index (κ2) is 7.01. The Labute approximate surface area is 141 Å². The standard InChI is InChI=1S/C15H10Cl3NO3/c1-22-15(21)10-5-3-2-4-9(10)14(20)19-13-11(17)6-8(16)7-12(13)18/h2-7H,1H3,(H,19,20). The molecule has 2 aromatic rings. The Hall–Kier alpha value is -1.75. The molecule has 0 aliphatic carbocycles. The summed E-state index contributed by atoms with van der Waals surface area (Å²) in [7, 11) is 1.24. The molecule has 114 valence electrons. The third kappa shape index (κ3) is 3.53. The molecule has 0 aromatic heterocycles. The van der Waals surface area contributed by atoms with Gasteiger partial charge in [-0.05, 0) is 24.3 Å². The van der Waals surface area contributed by atoms with Gasteiger partial charge in [0.05, 0.1) is 34.0 Å². The molecule has 0 unspecified atom stereocenters. The van der Waals surface area contributed by atoms with Crippen LogP contribution in [-0.2, 0) is 4.74 Å². The zero-order chi connectivity index (χ0) is 16.3. The van der Waals surface area contributed by atoms with E-state index < -0.39 is 11.9 Å². The van der Waals surface area contributed by atoms with E-state index in [0.717, 1.165) is 0 Å². The van der Waals surface area contributed by atoms with Crippen LogP contribution in [0, 0.1) is 0 Å². The van der Waals surface area contributed by atoms with E-state index in [9.17, 15) is 9.59 Å². The number of hydrogen-bond acceptors (Lipinski definition) is 3. The largest absolute Gasteiger partial charge is 0.465 e. The van der Waals surface area contributed by atoms with Crippen LogP contribution in [0.25, 0.3) is 0 Å². The maximum absolute atomic E-state index is 12.4. The lowest BCUT2D eigenvalue weighted by Crippen LogP contribution is -2.17. The van der Waals surface area contributed by atoms with Crippen molar-refractivity contribution < 1.29 is 14.3 Å². The Morgan fingerprint density at radius 3 is 2.09 bits per heavy atom. The summed E-state index contributed by atoms with van der Waals surface area (Å²) in [6.45, 7) is 0. The molecule has 0 atom stereocenters. The predicted octanol–water partition coefficient (Wildman–Crippen LogP) is 4.69. The highest BCUT2D eigenvalue weighted by Crippen LogP contribution is 2.34. The van der Waals surface area contributed by atoms with Crippen molar-refractivity contribution in [1.29, 1.82) is 0 Å². The number of nitrogens with one attached hydrogen (secondary N) is 1. The summed E-state index contributed by atoms with van der Waals surface area (Å²) in [5, 5.41) is 3.31. The van der Waals surface area contributed by atoms with Crippen LogP contribution in [0.1, 0.15) is 20.7 Å². The van der Waals surface area contributed by atoms with E-state index in [1.165, 1.54) is 31.4 Å². The van der Waals surface area contributed by atoms with Crippen molar-refractivity contribution in [3.63, 3.8) is 0 Å². The molecule has 2 rings (SSSR count). The lowest BCUT2D eigenvalue weighted by molar-refractivity contribution is 0.0597. The number of benzene rings is 2. The van der Waals surface area contributed by atoms with Gasteiger partial charge in [0.2, 0.25) is 0 Å². The topological polar surface area (TPSA) is 55.4 Å². The van der Waals surface area contributed by atoms with Crippen LogP contribution in [0.5, 0.6) is 0 Å². The Morgan fingerprint density at radius 2 is 1.55 bits per heavy atom.